The molecule has 0 radical (unpaired) electrons. The van der Waals surface area contributed by atoms with Gasteiger partial charge in [-0.25, -0.2) is 0 Å². The Balaban J connectivity index is 1.58. The van der Waals surface area contributed by atoms with Gasteiger partial charge in [-0.15, -0.1) is 0 Å². The van der Waals surface area contributed by atoms with Gasteiger partial charge in [-0.2, -0.15) is 13.2 Å². The van der Waals surface area contributed by atoms with Crippen molar-refractivity contribution in [2.75, 3.05) is 0 Å². The van der Waals surface area contributed by atoms with Crippen LogP contribution in [0.25, 0.3) is 0 Å². The monoisotopic (exact) mass is 485 g/mol. The first-order valence-corrected chi connectivity index (χ1v) is 10.7. The number of carbonyl (C=O) groups is 1. The summed E-state index contributed by atoms with van der Waals surface area (Å²) in [4.78, 5) is 14.7. The second kappa shape index (κ2) is 10.1. The van der Waals surface area contributed by atoms with Gasteiger partial charge in [-0.1, -0.05) is 29.8 Å². The number of furan rings is 1. The van der Waals surface area contributed by atoms with Crippen LogP contribution in [0.3, 0.4) is 0 Å². The third-order valence-corrected chi connectivity index (χ3v) is 5.22. The predicted octanol–water partition coefficient (Wildman–Crippen LogP) is 7.59. The van der Waals surface area contributed by atoms with Crippen LogP contribution in [0.1, 0.15) is 27.2 Å². The smallest absolute Gasteiger partial charge is 0.416 e. The van der Waals surface area contributed by atoms with Gasteiger partial charge in [-0.05, 0) is 72.3 Å². The van der Waals surface area contributed by atoms with Crippen molar-refractivity contribution in [3.8, 4) is 11.5 Å². The molecule has 4 aromatic rings. The average molecular weight is 486 g/mol. The van der Waals surface area contributed by atoms with Gasteiger partial charge in [0.05, 0.1) is 18.4 Å². The van der Waals surface area contributed by atoms with Crippen molar-refractivity contribution in [1.29, 1.82) is 0 Å². The quantitative estimate of drug-likeness (QED) is 0.271. The van der Waals surface area contributed by atoms with Crippen molar-refractivity contribution in [3.63, 3.8) is 0 Å². The molecule has 8 heteroatoms. The Morgan fingerprint density at radius 3 is 2.35 bits per heavy atom. The van der Waals surface area contributed by atoms with E-state index in [1.54, 1.807) is 54.6 Å². The lowest BCUT2D eigenvalue weighted by atomic mass is 10.1. The number of nitrogens with zero attached hydrogens (tertiary/aromatic N) is 1. The van der Waals surface area contributed by atoms with E-state index in [2.05, 4.69) is 0 Å². The van der Waals surface area contributed by atoms with Crippen LogP contribution in [0.5, 0.6) is 11.5 Å². The van der Waals surface area contributed by atoms with Gasteiger partial charge in [0.2, 0.25) is 0 Å². The third-order valence-electron chi connectivity index (χ3n) is 4.97. The first-order chi connectivity index (χ1) is 16.3. The molecular weight excluding hydrogens is 467 g/mol. The third kappa shape index (κ3) is 5.99. The van der Waals surface area contributed by atoms with Crippen LogP contribution < -0.4 is 4.74 Å². The molecule has 0 N–H and O–H groups in total. The zero-order valence-corrected chi connectivity index (χ0v) is 18.5. The van der Waals surface area contributed by atoms with E-state index in [-0.39, 0.29) is 18.7 Å². The topological polar surface area (TPSA) is 42.7 Å². The molecular formula is C26H19ClF3NO3. The lowest BCUT2D eigenvalue weighted by Gasteiger charge is -2.23. The van der Waals surface area contributed by atoms with E-state index in [0.29, 0.717) is 22.3 Å². The molecule has 0 bridgehead atoms. The molecule has 0 fully saturated rings. The summed E-state index contributed by atoms with van der Waals surface area (Å²) in [5, 5.41) is 0.586. The van der Waals surface area contributed by atoms with Crippen molar-refractivity contribution >= 4 is 17.5 Å². The van der Waals surface area contributed by atoms with Crippen molar-refractivity contribution in [1.82, 2.24) is 4.90 Å². The van der Waals surface area contributed by atoms with Crippen LogP contribution >= 0.6 is 11.6 Å². The van der Waals surface area contributed by atoms with Gasteiger partial charge in [-0.3, -0.25) is 4.79 Å². The number of benzene rings is 3. The molecule has 34 heavy (non-hydrogen) atoms. The summed E-state index contributed by atoms with van der Waals surface area (Å²) >= 11 is 5.91. The van der Waals surface area contributed by atoms with Gasteiger partial charge in [0.15, 0.2) is 0 Å². The summed E-state index contributed by atoms with van der Waals surface area (Å²) in [6.45, 7) is 0.220. The second-order valence-corrected chi connectivity index (χ2v) is 7.96. The van der Waals surface area contributed by atoms with Crippen LogP contribution in [0, 0.1) is 0 Å². The van der Waals surface area contributed by atoms with Gasteiger partial charge in [0.1, 0.15) is 17.3 Å². The van der Waals surface area contributed by atoms with Crippen molar-refractivity contribution in [2.24, 2.45) is 0 Å². The fourth-order valence-corrected chi connectivity index (χ4v) is 3.49. The summed E-state index contributed by atoms with van der Waals surface area (Å²) in [6.07, 6.45) is -3.07. The molecule has 0 saturated heterocycles. The van der Waals surface area contributed by atoms with Crippen LogP contribution in [-0.4, -0.2) is 10.8 Å². The minimum absolute atomic E-state index is 0.0602. The molecule has 0 aliphatic rings. The Labute approximate surface area is 199 Å². The molecule has 0 atom stereocenters. The van der Waals surface area contributed by atoms with Gasteiger partial charge >= 0.3 is 6.18 Å². The predicted molar refractivity (Wildman–Crippen MR) is 122 cm³/mol. The second-order valence-electron chi connectivity index (χ2n) is 7.52. The molecule has 174 valence electrons. The van der Waals surface area contributed by atoms with Gasteiger partial charge in [0, 0.05) is 17.1 Å². The molecule has 3 aromatic carbocycles. The molecule has 0 spiro atoms. The first-order valence-electron chi connectivity index (χ1n) is 10.3. The van der Waals surface area contributed by atoms with Crippen molar-refractivity contribution in [3.05, 3.63) is 119 Å². The van der Waals surface area contributed by atoms with E-state index in [1.807, 2.05) is 6.07 Å². The molecule has 0 saturated carbocycles. The highest BCUT2D eigenvalue weighted by Gasteiger charge is 2.31. The zero-order chi connectivity index (χ0) is 24.1. The van der Waals surface area contributed by atoms with E-state index in [0.717, 1.165) is 17.7 Å². The highest BCUT2D eigenvalue weighted by atomic mass is 35.5. The number of hydrogen-bond donors (Lipinski definition) is 0. The van der Waals surface area contributed by atoms with Crippen molar-refractivity contribution < 1.29 is 27.1 Å². The minimum Gasteiger partial charge on any atom is -0.467 e. The number of amides is 1. The summed E-state index contributed by atoms with van der Waals surface area (Å²) in [5.41, 5.74) is -0.206. The maximum absolute atomic E-state index is 13.2. The fraction of sp³-hybridized carbons (Fsp3) is 0.115. The first kappa shape index (κ1) is 23.4. The molecule has 1 aromatic heterocycles. The largest absolute Gasteiger partial charge is 0.467 e. The van der Waals surface area contributed by atoms with Crippen LogP contribution in [0.2, 0.25) is 5.02 Å². The number of alkyl halides is 3. The Morgan fingerprint density at radius 1 is 0.882 bits per heavy atom. The van der Waals surface area contributed by atoms with Crippen LogP contribution in [0.15, 0.2) is 95.6 Å². The highest BCUT2D eigenvalue weighted by molar-refractivity contribution is 6.30. The van der Waals surface area contributed by atoms with Gasteiger partial charge < -0.3 is 14.1 Å². The molecule has 0 aliphatic carbocycles. The number of rotatable bonds is 7. The van der Waals surface area contributed by atoms with Gasteiger partial charge in [0.25, 0.3) is 5.91 Å². The SMILES string of the molecule is O=C(c1cccc(C(F)(F)F)c1)N(Cc1cccc(Oc2ccc(Cl)cc2)c1)Cc1ccco1. The zero-order valence-electron chi connectivity index (χ0n) is 17.8. The Morgan fingerprint density at radius 2 is 1.65 bits per heavy atom. The van der Waals surface area contributed by atoms with Crippen LogP contribution in [0.4, 0.5) is 13.2 Å². The lowest BCUT2D eigenvalue weighted by Crippen LogP contribution is -2.30. The molecule has 1 heterocycles. The van der Waals surface area contributed by atoms with E-state index in [4.69, 9.17) is 20.8 Å². The van der Waals surface area contributed by atoms with E-state index < -0.39 is 17.6 Å². The number of halogens is 4. The number of hydrogen-bond acceptors (Lipinski definition) is 3. The molecule has 4 nitrogen and oxygen atoms in total. The maximum atomic E-state index is 13.2. The van der Waals surface area contributed by atoms with E-state index in [9.17, 15) is 18.0 Å². The molecule has 0 unspecified atom stereocenters. The Hall–Kier alpha value is -3.71. The van der Waals surface area contributed by atoms with Crippen LogP contribution in [-0.2, 0) is 19.3 Å². The Bertz CT molecular complexity index is 1260. The summed E-state index contributed by atoms with van der Waals surface area (Å²) in [5.74, 6) is 1.10. The Kier molecular flexibility index (Phi) is 6.93. The maximum Gasteiger partial charge on any atom is 0.416 e. The summed E-state index contributed by atoms with van der Waals surface area (Å²) in [6, 6.07) is 21.8. The van der Waals surface area contributed by atoms with E-state index in [1.165, 1.54) is 23.3 Å². The van der Waals surface area contributed by atoms with Crippen molar-refractivity contribution in [2.45, 2.75) is 19.3 Å². The molecule has 0 aliphatic heterocycles. The van der Waals surface area contributed by atoms with E-state index >= 15 is 0 Å². The lowest BCUT2D eigenvalue weighted by molar-refractivity contribution is -0.137. The highest BCUT2D eigenvalue weighted by Crippen LogP contribution is 2.30. The standard InChI is InChI=1S/C26H19ClF3NO3/c27-21-9-11-22(12-10-21)34-23-7-1-4-18(14-23)16-31(17-24-8-3-13-33-24)25(32)19-5-2-6-20(15-19)26(28,29)30/h1-15H,16-17H2. The summed E-state index contributed by atoms with van der Waals surface area (Å²) < 4.78 is 50.7. The number of carbonyl (C=O) groups excluding carboxylic acids is 1. The molecule has 1 amide bonds. The fourth-order valence-electron chi connectivity index (χ4n) is 3.37. The summed E-state index contributed by atoms with van der Waals surface area (Å²) in [7, 11) is 0. The normalized spacial score (nSPS) is 11.3. The minimum atomic E-state index is -4.55. The number of ether oxygens (including phenoxy) is 1. The average Bonchev–Trinajstić information content (AvgIpc) is 3.33. The molecule has 4 rings (SSSR count).